The van der Waals surface area contributed by atoms with Crippen molar-refractivity contribution in [1.29, 1.82) is 0 Å². The summed E-state index contributed by atoms with van der Waals surface area (Å²) in [5.74, 6) is -0.874. The zero-order valence-corrected chi connectivity index (χ0v) is 10.4. The normalized spacial score (nSPS) is 12.8. The summed E-state index contributed by atoms with van der Waals surface area (Å²) in [6.45, 7) is 1.81. The Hall–Kier alpha value is -2.11. The maximum atomic E-state index is 12.7. The van der Waals surface area contributed by atoms with E-state index in [9.17, 15) is 18.0 Å². The van der Waals surface area contributed by atoms with E-state index in [4.69, 9.17) is 0 Å². The number of hydrogen-bond donors (Lipinski definition) is 0. The second-order valence-electron chi connectivity index (χ2n) is 3.69. The third-order valence-electron chi connectivity index (χ3n) is 2.15. The van der Waals surface area contributed by atoms with Crippen molar-refractivity contribution in [3.05, 3.63) is 42.0 Å². The average Bonchev–Trinajstić information content (AvgIpc) is 2.34. The number of nitrogens with zero attached hydrogens (tertiary/aromatic N) is 1. The molecular weight excluding hydrogens is 259 g/mol. The summed E-state index contributed by atoms with van der Waals surface area (Å²) in [6, 6.07) is 6.23. The fourth-order valence-corrected chi connectivity index (χ4v) is 1.17. The number of benzene rings is 1. The van der Waals surface area contributed by atoms with Crippen LogP contribution in [0.5, 0.6) is 0 Å². The highest BCUT2D eigenvalue weighted by atomic mass is 19.4. The number of rotatable bonds is 3. The Morgan fingerprint density at radius 1 is 1.21 bits per heavy atom. The van der Waals surface area contributed by atoms with Crippen molar-refractivity contribution in [2.45, 2.75) is 13.1 Å². The number of allylic oxidation sites excluding steroid dienone is 1. The molecule has 1 aromatic carbocycles. The number of hydrogen-bond acceptors (Lipinski definition) is 3. The summed E-state index contributed by atoms with van der Waals surface area (Å²) in [4.78, 5) is 14.3. The number of carbonyl (C=O) groups excluding carboxylic acids is 1. The molecule has 0 aromatic heterocycles. The van der Waals surface area contributed by atoms with Crippen LogP contribution in [0, 0.1) is 6.92 Å². The standard InChI is InChI=1S/C13H12F3NO2/c1-9-3-5-10(6-4-9)17-11(13(14,15)16)7-8-12(18)19-2/h3-8H,1-2H3/b8-7+,17-11?. The highest BCUT2D eigenvalue weighted by Gasteiger charge is 2.34. The molecule has 0 N–H and O–H groups in total. The van der Waals surface area contributed by atoms with Crippen molar-refractivity contribution in [2.24, 2.45) is 4.99 Å². The summed E-state index contributed by atoms with van der Waals surface area (Å²) >= 11 is 0. The van der Waals surface area contributed by atoms with Crippen molar-refractivity contribution in [3.8, 4) is 0 Å². The number of ether oxygens (including phenoxy) is 1. The Labute approximate surface area is 108 Å². The second-order valence-corrected chi connectivity index (χ2v) is 3.69. The Balaban J connectivity index is 3.07. The molecule has 0 aliphatic heterocycles. The third-order valence-corrected chi connectivity index (χ3v) is 2.15. The lowest BCUT2D eigenvalue weighted by atomic mass is 10.2. The highest BCUT2D eigenvalue weighted by Crippen LogP contribution is 2.22. The van der Waals surface area contributed by atoms with E-state index in [0.717, 1.165) is 12.7 Å². The summed E-state index contributed by atoms with van der Waals surface area (Å²) in [6.07, 6.45) is -3.37. The van der Waals surface area contributed by atoms with Gasteiger partial charge in [-0.15, -0.1) is 0 Å². The molecule has 0 saturated carbocycles. The SMILES string of the molecule is COC(=O)/C=C/C(=Nc1ccc(C)cc1)C(F)(F)F. The van der Waals surface area contributed by atoms with Crippen molar-refractivity contribution < 1.29 is 22.7 Å². The van der Waals surface area contributed by atoms with Crippen molar-refractivity contribution >= 4 is 17.4 Å². The molecule has 0 unspecified atom stereocenters. The van der Waals surface area contributed by atoms with E-state index < -0.39 is 17.9 Å². The Kier molecular flexibility index (Phi) is 4.86. The van der Waals surface area contributed by atoms with E-state index in [1.54, 1.807) is 12.1 Å². The van der Waals surface area contributed by atoms with E-state index in [1.807, 2.05) is 6.92 Å². The van der Waals surface area contributed by atoms with Crippen LogP contribution in [0.1, 0.15) is 5.56 Å². The number of carbonyl (C=O) groups is 1. The minimum atomic E-state index is -4.64. The molecule has 6 heteroatoms. The van der Waals surface area contributed by atoms with Crippen LogP contribution >= 0.6 is 0 Å². The molecule has 0 spiro atoms. The van der Waals surface area contributed by atoms with Gasteiger partial charge in [0, 0.05) is 6.08 Å². The lowest BCUT2D eigenvalue weighted by molar-refractivity contribution is -0.134. The molecule has 1 aromatic rings. The molecule has 1 rings (SSSR count). The molecule has 0 saturated heterocycles. The van der Waals surface area contributed by atoms with Gasteiger partial charge in [0.15, 0.2) is 0 Å². The van der Waals surface area contributed by atoms with Crippen LogP contribution < -0.4 is 0 Å². The van der Waals surface area contributed by atoms with Crippen LogP contribution in [-0.4, -0.2) is 25.0 Å². The largest absolute Gasteiger partial charge is 0.466 e. The smallest absolute Gasteiger partial charge is 0.433 e. The van der Waals surface area contributed by atoms with E-state index >= 15 is 0 Å². The van der Waals surface area contributed by atoms with Crippen LogP contribution in [0.25, 0.3) is 0 Å². The van der Waals surface area contributed by atoms with Crippen LogP contribution in [0.4, 0.5) is 18.9 Å². The summed E-state index contributed by atoms with van der Waals surface area (Å²) in [5.41, 5.74) is -0.0909. The molecule has 0 atom stereocenters. The van der Waals surface area contributed by atoms with Gasteiger partial charge in [0.25, 0.3) is 0 Å². The number of aliphatic imine (C=N–C) groups is 1. The molecule has 102 valence electrons. The molecule has 0 radical (unpaired) electrons. The van der Waals surface area contributed by atoms with Crippen LogP contribution in [0.2, 0.25) is 0 Å². The molecule has 0 amide bonds. The molecule has 0 bridgehead atoms. The van der Waals surface area contributed by atoms with E-state index in [2.05, 4.69) is 9.73 Å². The van der Waals surface area contributed by atoms with Gasteiger partial charge in [0.1, 0.15) is 5.71 Å². The first kappa shape index (κ1) is 14.9. The van der Waals surface area contributed by atoms with Gasteiger partial charge in [-0.2, -0.15) is 13.2 Å². The maximum Gasteiger partial charge on any atom is 0.433 e. The Bertz CT molecular complexity index is 502. The maximum absolute atomic E-state index is 12.7. The fraction of sp³-hybridized carbons (Fsp3) is 0.231. The summed E-state index contributed by atoms with van der Waals surface area (Å²) in [5, 5.41) is 0. The van der Waals surface area contributed by atoms with Crippen LogP contribution in [0.3, 0.4) is 0 Å². The highest BCUT2D eigenvalue weighted by molar-refractivity contribution is 6.04. The predicted molar refractivity (Wildman–Crippen MR) is 65.5 cm³/mol. The minimum absolute atomic E-state index is 0.160. The number of alkyl halides is 3. The summed E-state index contributed by atoms with van der Waals surface area (Å²) in [7, 11) is 1.08. The first-order chi connectivity index (χ1) is 8.82. The minimum Gasteiger partial charge on any atom is -0.466 e. The predicted octanol–water partition coefficient (Wildman–Crippen LogP) is 3.36. The topological polar surface area (TPSA) is 38.7 Å². The Morgan fingerprint density at radius 3 is 2.26 bits per heavy atom. The van der Waals surface area contributed by atoms with E-state index in [0.29, 0.717) is 12.2 Å². The molecule has 19 heavy (non-hydrogen) atoms. The van der Waals surface area contributed by atoms with Gasteiger partial charge in [0.2, 0.25) is 0 Å². The van der Waals surface area contributed by atoms with Gasteiger partial charge < -0.3 is 4.74 Å². The van der Waals surface area contributed by atoms with Crippen LogP contribution in [0.15, 0.2) is 41.4 Å². The van der Waals surface area contributed by atoms with Crippen LogP contribution in [-0.2, 0) is 9.53 Å². The lowest BCUT2D eigenvalue weighted by Gasteiger charge is -2.06. The van der Waals surface area contributed by atoms with E-state index in [1.165, 1.54) is 12.1 Å². The number of halogens is 3. The number of methoxy groups -OCH3 is 1. The number of aryl methyl sites for hydroxylation is 1. The monoisotopic (exact) mass is 271 g/mol. The van der Waals surface area contributed by atoms with Crippen molar-refractivity contribution in [3.63, 3.8) is 0 Å². The van der Waals surface area contributed by atoms with Gasteiger partial charge in [0.05, 0.1) is 12.8 Å². The quantitative estimate of drug-likeness (QED) is 0.480. The van der Waals surface area contributed by atoms with Gasteiger partial charge in [-0.3, -0.25) is 0 Å². The molecular formula is C13H12F3NO2. The third kappa shape index (κ3) is 4.95. The van der Waals surface area contributed by atoms with Gasteiger partial charge in [-0.1, -0.05) is 17.7 Å². The molecule has 3 nitrogen and oxygen atoms in total. The molecule has 0 fully saturated rings. The Morgan fingerprint density at radius 2 is 1.79 bits per heavy atom. The van der Waals surface area contributed by atoms with Gasteiger partial charge in [-0.05, 0) is 25.1 Å². The zero-order valence-electron chi connectivity index (χ0n) is 10.4. The van der Waals surface area contributed by atoms with Gasteiger partial charge in [-0.25, -0.2) is 9.79 Å². The molecule has 0 aliphatic carbocycles. The first-order valence-electron chi connectivity index (χ1n) is 5.31. The van der Waals surface area contributed by atoms with Gasteiger partial charge >= 0.3 is 12.1 Å². The lowest BCUT2D eigenvalue weighted by Crippen LogP contribution is -2.20. The number of esters is 1. The molecule has 0 aliphatic rings. The zero-order chi connectivity index (χ0) is 14.5. The van der Waals surface area contributed by atoms with Crippen molar-refractivity contribution in [1.82, 2.24) is 0 Å². The first-order valence-corrected chi connectivity index (χ1v) is 5.31. The average molecular weight is 271 g/mol. The van der Waals surface area contributed by atoms with E-state index in [-0.39, 0.29) is 5.69 Å². The summed E-state index contributed by atoms with van der Waals surface area (Å²) < 4.78 is 42.3. The molecule has 0 heterocycles. The fourth-order valence-electron chi connectivity index (χ4n) is 1.17. The second kappa shape index (κ2) is 6.17. The van der Waals surface area contributed by atoms with Crippen molar-refractivity contribution in [2.75, 3.05) is 7.11 Å².